The normalized spacial score (nSPS) is 12.4. The van der Waals surface area contributed by atoms with Crippen LogP contribution in [0, 0.1) is 0 Å². The maximum absolute atomic E-state index is 9.91. The van der Waals surface area contributed by atoms with Crippen molar-refractivity contribution in [3.05, 3.63) is 47.2 Å². The van der Waals surface area contributed by atoms with Crippen LogP contribution >= 0.6 is 11.6 Å². The third kappa shape index (κ3) is 4.26. The van der Waals surface area contributed by atoms with Gasteiger partial charge in [-0.25, -0.2) is 0 Å². The number of halogens is 1. The van der Waals surface area contributed by atoms with Gasteiger partial charge in [-0.15, -0.1) is 0 Å². The Hall–Kier alpha value is -1.52. The molecule has 0 saturated heterocycles. The molecule has 19 heavy (non-hydrogen) atoms. The first-order valence-electron chi connectivity index (χ1n) is 6.25. The van der Waals surface area contributed by atoms with Crippen molar-refractivity contribution in [3.63, 3.8) is 0 Å². The van der Waals surface area contributed by atoms with E-state index in [1.807, 2.05) is 17.8 Å². The Kier molecular flexibility index (Phi) is 4.82. The number of ether oxygens (including phenoxy) is 1. The van der Waals surface area contributed by atoms with Gasteiger partial charge in [-0.2, -0.15) is 5.10 Å². The number of aliphatic hydroxyl groups is 1. The summed E-state index contributed by atoms with van der Waals surface area (Å²) in [5.74, 6) is 0.702. The van der Waals surface area contributed by atoms with Gasteiger partial charge in [0.05, 0.1) is 12.3 Å². The number of benzene rings is 1. The minimum Gasteiger partial charge on any atom is -0.491 e. The molecule has 1 unspecified atom stereocenters. The molecule has 0 bridgehead atoms. The van der Waals surface area contributed by atoms with E-state index >= 15 is 0 Å². The van der Waals surface area contributed by atoms with E-state index in [-0.39, 0.29) is 6.61 Å². The van der Waals surface area contributed by atoms with Crippen molar-refractivity contribution >= 4 is 11.6 Å². The number of nitrogens with zero attached hydrogens (tertiary/aromatic N) is 2. The number of aromatic nitrogens is 2. The molecular formula is C14H17ClN2O2. The molecular weight excluding hydrogens is 264 g/mol. The van der Waals surface area contributed by atoms with Gasteiger partial charge in [0.2, 0.25) is 0 Å². The molecule has 102 valence electrons. The number of hydrogen-bond acceptors (Lipinski definition) is 3. The van der Waals surface area contributed by atoms with E-state index in [4.69, 9.17) is 16.3 Å². The largest absolute Gasteiger partial charge is 0.491 e. The molecule has 5 heteroatoms. The highest BCUT2D eigenvalue weighted by molar-refractivity contribution is 6.30. The van der Waals surface area contributed by atoms with Crippen LogP contribution in [-0.2, 0) is 13.0 Å². The van der Waals surface area contributed by atoms with Crippen molar-refractivity contribution in [1.82, 2.24) is 9.78 Å². The number of aryl methyl sites for hydroxylation is 1. The van der Waals surface area contributed by atoms with Crippen molar-refractivity contribution in [1.29, 1.82) is 0 Å². The zero-order chi connectivity index (χ0) is 13.7. The lowest BCUT2D eigenvalue weighted by Crippen LogP contribution is -2.19. The summed E-state index contributed by atoms with van der Waals surface area (Å²) in [6.07, 6.45) is 3.69. The molecule has 0 fully saturated rings. The zero-order valence-corrected chi connectivity index (χ0v) is 11.5. The summed E-state index contributed by atoms with van der Waals surface area (Å²) in [6.45, 7) is 3.10. The van der Waals surface area contributed by atoms with E-state index in [2.05, 4.69) is 5.10 Å². The molecule has 1 atom stereocenters. The summed E-state index contributed by atoms with van der Waals surface area (Å²) < 4.78 is 7.33. The Morgan fingerprint density at radius 1 is 1.37 bits per heavy atom. The third-order valence-corrected chi connectivity index (χ3v) is 2.99. The fourth-order valence-corrected chi connectivity index (χ4v) is 1.86. The molecule has 4 nitrogen and oxygen atoms in total. The first kappa shape index (κ1) is 13.9. The van der Waals surface area contributed by atoms with Gasteiger partial charge in [0.1, 0.15) is 12.4 Å². The molecule has 1 heterocycles. The number of hydrogen-bond donors (Lipinski definition) is 1. The Morgan fingerprint density at radius 3 is 2.74 bits per heavy atom. The lowest BCUT2D eigenvalue weighted by Gasteiger charge is -2.11. The molecule has 0 radical (unpaired) electrons. The molecule has 0 aliphatic carbocycles. The number of rotatable bonds is 6. The Morgan fingerprint density at radius 2 is 2.11 bits per heavy atom. The van der Waals surface area contributed by atoms with E-state index in [0.717, 1.165) is 12.1 Å². The molecule has 0 saturated carbocycles. The predicted molar refractivity (Wildman–Crippen MR) is 74.6 cm³/mol. The summed E-state index contributed by atoms with van der Waals surface area (Å²) in [5, 5.41) is 14.7. The van der Waals surface area contributed by atoms with Gasteiger partial charge in [-0.3, -0.25) is 4.68 Å². The van der Waals surface area contributed by atoms with E-state index in [9.17, 15) is 5.11 Å². The fourth-order valence-electron chi connectivity index (χ4n) is 1.74. The Balaban J connectivity index is 1.81. The second kappa shape index (κ2) is 6.59. The van der Waals surface area contributed by atoms with Crippen LogP contribution in [-0.4, -0.2) is 27.6 Å². The molecule has 1 aromatic carbocycles. The van der Waals surface area contributed by atoms with Crippen molar-refractivity contribution < 1.29 is 9.84 Å². The smallest absolute Gasteiger partial charge is 0.119 e. The standard InChI is InChI=1S/C14H17ClN2O2/c1-2-17-9-11(8-16-17)7-13(18)10-19-14-5-3-12(15)4-6-14/h3-6,8-9,13,18H,2,7,10H2,1H3. The molecule has 1 N–H and O–H groups in total. The summed E-state index contributed by atoms with van der Waals surface area (Å²) in [4.78, 5) is 0. The SMILES string of the molecule is CCn1cc(CC(O)COc2ccc(Cl)cc2)cn1. The highest BCUT2D eigenvalue weighted by Crippen LogP contribution is 2.16. The van der Waals surface area contributed by atoms with Gasteiger partial charge in [-0.1, -0.05) is 11.6 Å². The van der Waals surface area contributed by atoms with Gasteiger partial charge >= 0.3 is 0 Å². The van der Waals surface area contributed by atoms with Crippen LogP contribution < -0.4 is 4.74 Å². The maximum Gasteiger partial charge on any atom is 0.119 e. The van der Waals surface area contributed by atoms with Crippen LogP contribution in [0.25, 0.3) is 0 Å². The topological polar surface area (TPSA) is 47.3 Å². The average Bonchev–Trinajstić information content (AvgIpc) is 2.86. The Bertz CT molecular complexity index is 510. The third-order valence-electron chi connectivity index (χ3n) is 2.74. The van der Waals surface area contributed by atoms with Gasteiger partial charge < -0.3 is 9.84 Å². The van der Waals surface area contributed by atoms with Crippen LogP contribution in [0.4, 0.5) is 0 Å². The van der Waals surface area contributed by atoms with Crippen molar-refractivity contribution in [2.45, 2.75) is 26.0 Å². The molecule has 1 aromatic heterocycles. The van der Waals surface area contributed by atoms with E-state index < -0.39 is 6.10 Å². The minimum absolute atomic E-state index is 0.249. The lowest BCUT2D eigenvalue weighted by atomic mass is 10.2. The predicted octanol–water partition coefficient (Wildman–Crippen LogP) is 2.54. The van der Waals surface area contributed by atoms with Crippen LogP contribution in [0.3, 0.4) is 0 Å². The second-order valence-corrected chi connectivity index (χ2v) is 4.76. The summed E-state index contributed by atoms with van der Waals surface area (Å²) in [6, 6.07) is 7.08. The monoisotopic (exact) mass is 280 g/mol. The molecule has 0 spiro atoms. The van der Waals surface area contributed by atoms with Crippen molar-refractivity contribution in [3.8, 4) is 5.75 Å². The highest BCUT2D eigenvalue weighted by atomic mass is 35.5. The van der Waals surface area contributed by atoms with E-state index in [0.29, 0.717) is 17.2 Å². The molecule has 0 amide bonds. The first-order valence-corrected chi connectivity index (χ1v) is 6.63. The fraction of sp³-hybridized carbons (Fsp3) is 0.357. The van der Waals surface area contributed by atoms with E-state index in [1.165, 1.54) is 0 Å². The van der Waals surface area contributed by atoms with Gasteiger partial charge in [0.15, 0.2) is 0 Å². The van der Waals surface area contributed by atoms with Crippen molar-refractivity contribution in [2.24, 2.45) is 0 Å². The van der Waals surface area contributed by atoms with Crippen LogP contribution in [0.15, 0.2) is 36.7 Å². The first-order chi connectivity index (χ1) is 9.17. The average molecular weight is 281 g/mol. The lowest BCUT2D eigenvalue weighted by molar-refractivity contribution is 0.108. The summed E-state index contributed by atoms with van der Waals surface area (Å²) >= 11 is 5.78. The second-order valence-electron chi connectivity index (χ2n) is 4.33. The van der Waals surface area contributed by atoms with E-state index in [1.54, 1.807) is 30.5 Å². The van der Waals surface area contributed by atoms with Gasteiger partial charge in [-0.05, 0) is 36.8 Å². The molecule has 0 aliphatic heterocycles. The van der Waals surface area contributed by atoms with Gasteiger partial charge in [0, 0.05) is 24.2 Å². The number of aliphatic hydroxyl groups excluding tert-OH is 1. The quantitative estimate of drug-likeness (QED) is 0.884. The van der Waals surface area contributed by atoms with Gasteiger partial charge in [0.25, 0.3) is 0 Å². The molecule has 0 aliphatic rings. The summed E-state index contributed by atoms with van der Waals surface area (Å²) in [7, 11) is 0. The van der Waals surface area contributed by atoms with Crippen LogP contribution in [0.5, 0.6) is 5.75 Å². The molecule has 2 rings (SSSR count). The highest BCUT2D eigenvalue weighted by Gasteiger charge is 2.08. The molecule has 2 aromatic rings. The van der Waals surface area contributed by atoms with Crippen LogP contribution in [0.1, 0.15) is 12.5 Å². The maximum atomic E-state index is 9.91. The zero-order valence-electron chi connectivity index (χ0n) is 10.8. The van der Waals surface area contributed by atoms with Crippen molar-refractivity contribution in [2.75, 3.05) is 6.61 Å². The minimum atomic E-state index is -0.551. The van der Waals surface area contributed by atoms with Crippen LogP contribution in [0.2, 0.25) is 5.02 Å². The Labute approximate surface area is 117 Å². The summed E-state index contributed by atoms with van der Waals surface area (Å²) in [5.41, 5.74) is 1.01.